The van der Waals surface area contributed by atoms with Crippen LogP contribution in [0.4, 0.5) is 0 Å². The lowest BCUT2D eigenvalue weighted by molar-refractivity contribution is 0.0627. The second-order valence-electron chi connectivity index (χ2n) is 16.3. The van der Waals surface area contributed by atoms with Gasteiger partial charge < -0.3 is 14.2 Å². The zero-order valence-corrected chi connectivity index (χ0v) is 36.3. The van der Waals surface area contributed by atoms with Gasteiger partial charge >= 0.3 is 5.97 Å². The third-order valence-electron chi connectivity index (χ3n) is 11.3. The standard InChI is InChI=1S/C52H80O4/c1-5-8-10-12-14-16-17-18-19-20-22-24-26-28-43-54-44(4)45-31-33-46(34-32-45)47-35-37-48(38-36-47)52(53)56-51-41-39-50(40-42-51)55-49(29-7-3)30-27-25-23-21-15-13-11-9-6-2/h31-42,44,49H,5-30,43H2,1-4H3. The van der Waals surface area contributed by atoms with E-state index in [1.54, 1.807) is 0 Å². The smallest absolute Gasteiger partial charge is 0.343 e. The fourth-order valence-corrected chi connectivity index (χ4v) is 7.61. The molecule has 0 aromatic heterocycles. The third-order valence-corrected chi connectivity index (χ3v) is 11.3. The first-order valence-electron chi connectivity index (χ1n) is 23.3. The highest BCUT2D eigenvalue weighted by Gasteiger charge is 2.13. The molecule has 0 aliphatic rings. The Morgan fingerprint density at radius 2 is 0.893 bits per heavy atom. The lowest BCUT2D eigenvalue weighted by Gasteiger charge is -2.19. The number of ether oxygens (including phenoxy) is 3. The molecule has 0 saturated heterocycles. The van der Waals surface area contributed by atoms with Crippen LogP contribution in [0.15, 0.2) is 72.8 Å². The maximum absolute atomic E-state index is 13.0. The van der Waals surface area contributed by atoms with Crippen molar-refractivity contribution in [3.63, 3.8) is 0 Å². The number of benzene rings is 3. The van der Waals surface area contributed by atoms with E-state index in [1.807, 2.05) is 48.5 Å². The van der Waals surface area contributed by atoms with E-state index >= 15 is 0 Å². The maximum atomic E-state index is 13.0. The summed E-state index contributed by atoms with van der Waals surface area (Å²) in [5.74, 6) is 0.994. The summed E-state index contributed by atoms with van der Waals surface area (Å²) in [5.41, 5.74) is 3.90. The van der Waals surface area contributed by atoms with Crippen molar-refractivity contribution in [1.29, 1.82) is 0 Å². The van der Waals surface area contributed by atoms with Crippen molar-refractivity contribution in [2.45, 2.75) is 207 Å². The van der Waals surface area contributed by atoms with Crippen LogP contribution in [0.2, 0.25) is 0 Å². The Kier molecular flexibility index (Phi) is 26.1. The number of rotatable bonds is 34. The molecule has 4 nitrogen and oxygen atoms in total. The number of carbonyl (C=O) groups excluding carboxylic acids is 1. The zero-order chi connectivity index (χ0) is 39.9. The van der Waals surface area contributed by atoms with Crippen LogP contribution >= 0.6 is 0 Å². The first-order valence-corrected chi connectivity index (χ1v) is 23.3. The molecule has 3 rings (SSSR count). The van der Waals surface area contributed by atoms with Crippen molar-refractivity contribution in [1.82, 2.24) is 0 Å². The van der Waals surface area contributed by atoms with Crippen molar-refractivity contribution < 1.29 is 19.0 Å². The van der Waals surface area contributed by atoms with Crippen molar-refractivity contribution in [3.8, 4) is 22.6 Å². The Labute approximate surface area is 343 Å². The van der Waals surface area contributed by atoms with Gasteiger partial charge in [0.1, 0.15) is 11.5 Å². The molecular formula is C52H80O4. The van der Waals surface area contributed by atoms with Crippen LogP contribution in [0.1, 0.15) is 217 Å². The van der Waals surface area contributed by atoms with E-state index in [0.29, 0.717) is 11.3 Å². The summed E-state index contributed by atoms with van der Waals surface area (Å²) in [7, 11) is 0. The van der Waals surface area contributed by atoms with Crippen molar-refractivity contribution in [2.24, 2.45) is 0 Å². The minimum absolute atomic E-state index is 0.0751. The van der Waals surface area contributed by atoms with Gasteiger partial charge in [-0.3, -0.25) is 0 Å². The van der Waals surface area contributed by atoms with Gasteiger partial charge in [-0.2, -0.15) is 0 Å². The summed E-state index contributed by atoms with van der Waals surface area (Å²) in [6, 6.07) is 23.7. The van der Waals surface area contributed by atoms with E-state index in [9.17, 15) is 4.79 Å². The van der Waals surface area contributed by atoms with Gasteiger partial charge in [0.05, 0.1) is 17.8 Å². The summed E-state index contributed by atoms with van der Waals surface area (Å²) in [5, 5.41) is 0. The van der Waals surface area contributed by atoms with E-state index in [4.69, 9.17) is 14.2 Å². The third kappa shape index (κ3) is 20.9. The fraction of sp³-hybridized carbons (Fsp3) is 0.635. The molecule has 0 fully saturated rings. The average molecular weight is 769 g/mol. The second-order valence-corrected chi connectivity index (χ2v) is 16.3. The molecule has 0 heterocycles. The van der Waals surface area contributed by atoms with Crippen molar-refractivity contribution in [2.75, 3.05) is 6.61 Å². The van der Waals surface area contributed by atoms with Gasteiger partial charge in [0, 0.05) is 6.61 Å². The molecule has 3 aromatic carbocycles. The first kappa shape index (κ1) is 47.3. The Morgan fingerprint density at radius 3 is 1.38 bits per heavy atom. The monoisotopic (exact) mass is 769 g/mol. The summed E-state index contributed by atoms with van der Waals surface area (Å²) < 4.78 is 18.3. The Hall–Kier alpha value is -3.11. The molecule has 0 radical (unpaired) electrons. The Morgan fingerprint density at radius 1 is 0.464 bits per heavy atom. The molecule has 4 heteroatoms. The van der Waals surface area contributed by atoms with Crippen LogP contribution in [0, 0.1) is 0 Å². The molecule has 0 N–H and O–H groups in total. The SMILES string of the molecule is CCCCCCCCCCCCCCCCOC(C)c1ccc(-c2ccc(C(=O)Oc3ccc(OC(CCC)CCCCCCCCCCC)cc3)cc2)cc1. The van der Waals surface area contributed by atoms with Crippen LogP contribution in [0.3, 0.4) is 0 Å². The maximum Gasteiger partial charge on any atom is 0.343 e. The highest BCUT2D eigenvalue weighted by Crippen LogP contribution is 2.26. The minimum Gasteiger partial charge on any atom is -0.490 e. The normalized spacial score (nSPS) is 12.4. The first-order chi connectivity index (χ1) is 27.5. The molecule has 2 atom stereocenters. The lowest BCUT2D eigenvalue weighted by atomic mass is 10.0. The number of esters is 1. The number of hydrogen-bond acceptors (Lipinski definition) is 4. The summed E-state index contributed by atoms with van der Waals surface area (Å²) in [6.07, 6.45) is 34.8. The van der Waals surface area contributed by atoms with E-state index in [2.05, 4.69) is 52.0 Å². The second kappa shape index (κ2) is 31.0. The molecule has 0 aliphatic heterocycles. The fourth-order valence-electron chi connectivity index (χ4n) is 7.61. The molecule has 0 spiro atoms. The van der Waals surface area contributed by atoms with Gasteiger partial charge in [-0.1, -0.05) is 198 Å². The quantitative estimate of drug-likeness (QED) is 0.0345. The summed E-state index contributed by atoms with van der Waals surface area (Å²) >= 11 is 0. The van der Waals surface area contributed by atoms with E-state index in [-0.39, 0.29) is 18.2 Å². The van der Waals surface area contributed by atoms with Crippen LogP contribution in [-0.2, 0) is 4.74 Å². The van der Waals surface area contributed by atoms with Crippen LogP contribution in [-0.4, -0.2) is 18.7 Å². The molecule has 0 saturated carbocycles. The molecule has 312 valence electrons. The van der Waals surface area contributed by atoms with Gasteiger partial charge in [-0.05, 0) is 85.7 Å². The number of carbonyl (C=O) groups is 1. The predicted octanol–water partition coefficient (Wildman–Crippen LogP) is 16.6. The number of hydrogen-bond donors (Lipinski definition) is 0. The van der Waals surface area contributed by atoms with Gasteiger partial charge in [0.15, 0.2) is 0 Å². The van der Waals surface area contributed by atoms with Gasteiger partial charge in [0.2, 0.25) is 0 Å². The molecule has 56 heavy (non-hydrogen) atoms. The van der Waals surface area contributed by atoms with Gasteiger partial charge in [-0.25, -0.2) is 4.79 Å². The number of unbranched alkanes of at least 4 members (excludes halogenated alkanes) is 21. The Balaban J connectivity index is 1.30. The summed E-state index contributed by atoms with van der Waals surface area (Å²) in [4.78, 5) is 13.0. The average Bonchev–Trinajstić information content (AvgIpc) is 3.22. The molecule has 3 aromatic rings. The minimum atomic E-state index is -0.362. The van der Waals surface area contributed by atoms with E-state index in [0.717, 1.165) is 49.2 Å². The van der Waals surface area contributed by atoms with Crippen LogP contribution in [0.5, 0.6) is 11.5 Å². The highest BCUT2D eigenvalue weighted by atomic mass is 16.5. The van der Waals surface area contributed by atoms with Crippen molar-refractivity contribution in [3.05, 3.63) is 83.9 Å². The predicted molar refractivity (Wildman–Crippen MR) is 239 cm³/mol. The zero-order valence-electron chi connectivity index (χ0n) is 36.3. The molecular weight excluding hydrogens is 689 g/mol. The topological polar surface area (TPSA) is 44.8 Å². The molecule has 0 bridgehead atoms. The van der Waals surface area contributed by atoms with Gasteiger partial charge in [0.25, 0.3) is 0 Å². The summed E-state index contributed by atoms with van der Waals surface area (Å²) in [6.45, 7) is 9.74. The van der Waals surface area contributed by atoms with Crippen LogP contribution in [0.25, 0.3) is 11.1 Å². The van der Waals surface area contributed by atoms with E-state index < -0.39 is 0 Å². The van der Waals surface area contributed by atoms with Gasteiger partial charge in [-0.15, -0.1) is 0 Å². The molecule has 0 aliphatic carbocycles. The lowest BCUT2D eigenvalue weighted by Crippen LogP contribution is -2.16. The highest BCUT2D eigenvalue weighted by molar-refractivity contribution is 5.91. The Bertz CT molecular complexity index is 1360. The van der Waals surface area contributed by atoms with Crippen LogP contribution < -0.4 is 9.47 Å². The molecule has 0 amide bonds. The van der Waals surface area contributed by atoms with E-state index in [1.165, 1.54) is 147 Å². The molecule has 2 unspecified atom stereocenters. The van der Waals surface area contributed by atoms with Crippen molar-refractivity contribution >= 4 is 5.97 Å². The largest absolute Gasteiger partial charge is 0.490 e.